The third-order valence-corrected chi connectivity index (χ3v) is 2.72. The molecule has 3 nitrogen and oxygen atoms in total. The highest BCUT2D eigenvalue weighted by atomic mass is 16.5. The Hall–Kier alpha value is -1.64. The van der Waals surface area contributed by atoms with Gasteiger partial charge in [0, 0.05) is 19.3 Å². The lowest BCUT2D eigenvalue weighted by Crippen LogP contribution is -2.04. The van der Waals surface area contributed by atoms with Crippen molar-refractivity contribution in [3.05, 3.63) is 35.9 Å². The number of benzene rings is 1. The number of ketones is 1. The zero-order valence-corrected chi connectivity index (χ0v) is 10.9. The number of carbonyl (C=O) groups excluding carboxylic acids is 2. The van der Waals surface area contributed by atoms with E-state index in [9.17, 15) is 9.59 Å². The Morgan fingerprint density at radius 1 is 1.06 bits per heavy atom. The van der Waals surface area contributed by atoms with Gasteiger partial charge in [0.15, 0.2) is 0 Å². The van der Waals surface area contributed by atoms with Crippen molar-refractivity contribution in [2.75, 3.05) is 0 Å². The molecule has 0 heterocycles. The van der Waals surface area contributed by atoms with Crippen LogP contribution in [0.5, 0.6) is 0 Å². The van der Waals surface area contributed by atoms with Gasteiger partial charge in [-0.2, -0.15) is 0 Å². The van der Waals surface area contributed by atoms with Crippen molar-refractivity contribution in [2.24, 2.45) is 0 Å². The maximum absolute atomic E-state index is 11.4. The molecule has 1 rings (SSSR count). The molecule has 0 N–H and O–H groups in total. The maximum Gasteiger partial charge on any atom is 0.306 e. The molecule has 0 fully saturated rings. The summed E-state index contributed by atoms with van der Waals surface area (Å²) in [4.78, 5) is 22.5. The molecular formula is C15H20O3. The molecule has 98 valence electrons. The van der Waals surface area contributed by atoms with E-state index in [2.05, 4.69) is 0 Å². The molecular weight excluding hydrogens is 228 g/mol. The third kappa shape index (κ3) is 6.18. The summed E-state index contributed by atoms with van der Waals surface area (Å²) >= 11 is 0. The van der Waals surface area contributed by atoms with Crippen LogP contribution in [-0.2, 0) is 20.9 Å². The smallest absolute Gasteiger partial charge is 0.306 e. The van der Waals surface area contributed by atoms with Crippen molar-refractivity contribution in [1.29, 1.82) is 0 Å². The first-order valence-electron chi connectivity index (χ1n) is 6.43. The summed E-state index contributed by atoms with van der Waals surface area (Å²) in [6.07, 6.45) is 3.04. The first-order chi connectivity index (χ1) is 8.72. The highest BCUT2D eigenvalue weighted by Gasteiger charge is 2.04. The molecule has 0 aliphatic heterocycles. The normalized spacial score (nSPS) is 10.1. The van der Waals surface area contributed by atoms with E-state index in [0.29, 0.717) is 25.9 Å². The Morgan fingerprint density at radius 3 is 2.39 bits per heavy atom. The summed E-state index contributed by atoms with van der Waals surface area (Å²) in [5.74, 6) is 0.0652. The predicted molar refractivity (Wildman–Crippen MR) is 70.0 cm³/mol. The van der Waals surface area contributed by atoms with Crippen molar-refractivity contribution >= 4 is 11.8 Å². The van der Waals surface area contributed by atoms with Crippen LogP contribution in [0.3, 0.4) is 0 Å². The van der Waals surface area contributed by atoms with Crippen LogP contribution in [0.25, 0.3) is 0 Å². The average Bonchev–Trinajstić information content (AvgIpc) is 2.42. The van der Waals surface area contributed by atoms with Crippen molar-refractivity contribution < 1.29 is 14.3 Å². The minimum absolute atomic E-state index is 0.192. The number of Topliss-reactive ketones (excluding diaryl/α,β-unsaturated/α-hetero) is 1. The summed E-state index contributed by atoms with van der Waals surface area (Å²) in [7, 11) is 0. The molecule has 0 saturated carbocycles. The van der Waals surface area contributed by atoms with Crippen molar-refractivity contribution in [3.63, 3.8) is 0 Å². The van der Waals surface area contributed by atoms with Gasteiger partial charge in [0.05, 0.1) is 0 Å². The van der Waals surface area contributed by atoms with E-state index in [4.69, 9.17) is 4.74 Å². The largest absolute Gasteiger partial charge is 0.461 e. The molecule has 0 amide bonds. The molecule has 1 aromatic rings. The second-order valence-electron chi connectivity index (χ2n) is 4.25. The molecule has 0 spiro atoms. The van der Waals surface area contributed by atoms with Crippen LogP contribution in [0.1, 0.15) is 44.6 Å². The van der Waals surface area contributed by atoms with Crippen LogP contribution < -0.4 is 0 Å². The molecule has 18 heavy (non-hydrogen) atoms. The second-order valence-corrected chi connectivity index (χ2v) is 4.25. The minimum atomic E-state index is -0.192. The zero-order valence-electron chi connectivity index (χ0n) is 10.9. The van der Waals surface area contributed by atoms with Gasteiger partial charge >= 0.3 is 5.97 Å². The fourth-order valence-corrected chi connectivity index (χ4v) is 1.58. The lowest BCUT2D eigenvalue weighted by atomic mass is 10.1. The fraction of sp³-hybridized carbons (Fsp3) is 0.467. The molecule has 0 atom stereocenters. The van der Waals surface area contributed by atoms with E-state index < -0.39 is 0 Å². The number of esters is 1. The van der Waals surface area contributed by atoms with Gasteiger partial charge < -0.3 is 4.74 Å². The Balaban J connectivity index is 2.09. The topological polar surface area (TPSA) is 43.4 Å². The summed E-state index contributed by atoms with van der Waals surface area (Å²) in [6, 6.07) is 9.61. The zero-order chi connectivity index (χ0) is 13.2. The van der Waals surface area contributed by atoms with Gasteiger partial charge in [0.2, 0.25) is 0 Å². The number of carbonyl (C=O) groups is 2. The summed E-state index contributed by atoms with van der Waals surface area (Å²) in [5.41, 5.74) is 0.993. The lowest BCUT2D eigenvalue weighted by Gasteiger charge is -2.04. The Kier molecular flexibility index (Phi) is 6.77. The Bertz CT molecular complexity index is 371. The molecule has 0 aromatic heterocycles. The van der Waals surface area contributed by atoms with Gasteiger partial charge in [-0.15, -0.1) is 0 Å². The third-order valence-electron chi connectivity index (χ3n) is 2.72. The summed E-state index contributed by atoms with van der Waals surface area (Å²) in [6.45, 7) is 2.18. The van der Waals surface area contributed by atoms with Gasteiger partial charge in [0.1, 0.15) is 12.4 Å². The van der Waals surface area contributed by atoms with Gasteiger partial charge in [-0.3, -0.25) is 9.59 Å². The van der Waals surface area contributed by atoms with Crippen molar-refractivity contribution in [3.8, 4) is 0 Å². The van der Waals surface area contributed by atoms with Crippen LogP contribution >= 0.6 is 0 Å². The second kappa shape index (κ2) is 8.45. The number of unbranched alkanes of at least 4 members (excludes halogenated alkanes) is 1. The van der Waals surface area contributed by atoms with Crippen LogP contribution in [0.2, 0.25) is 0 Å². The van der Waals surface area contributed by atoms with E-state index in [-0.39, 0.29) is 11.8 Å². The average molecular weight is 248 g/mol. The van der Waals surface area contributed by atoms with E-state index in [0.717, 1.165) is 18.4 Å². The van der Waals surface area contributed by atoms with E-state index in [1.165, 1.54) is 0 Å². The van der Waals surface area contributed by atoms with E-state index in [1.807, 2.05) is 37.3 Å². The molecule has 0 bridgehead atoms. The van der Waals surface area contributed by atoms with Crippen LogP contribution in [0, 0.1) is 0 Å². The molecule has 0 saturated heterocycles. The molecule has 1 aromatic carbocycles. The van der Waals surface area contributed by atoms with Gasteiger partial charge in [0.25, 0.3) is 0 Å². The Labute approximate surface area is 108 Å². The minimum Gasteiger partial charge on any atom is -0.461 e. The standard InChI is InChI=1S/C15H20O3/c1-2-14(16)10-6-7-11-15(17)18-12-13-8-4-3-5-9-13/h3-5,8-9H,2,6-7,10-12H2,1H3. The lowest BCUT2D eigenvalue weighted by molar-refractivity contribution is -0.145. The monoisotopic (exact) mass is 248 g/mol. The van der Waals surface area contributed by atoms with Crippen LogP contribution in [-0.4, -0.2) is 11.8 Å². The number of hydrogen-bond donors (Lipinski definition) is 0. The first-order valence-corrected chi connectivity index (χ1v) is 6.43. The van der Waals surface area contributed by atoms with E-state index in [1.54, 1.807) is 0 Å². The fourth-order valence-electron chi connectivity index (χ4n) is 1.58. The highest BCUT2D eigenvalue weighted by molar-refractivity contribution is 5.78. The first kappa shape index (κ1) is 14.4. The van der Waals surface area contributed by atoms with E-state index >= 15 is 0 Å². The molecule has 0 unspecified atom stereocenters. The number of rotatable bonds is 8. The van der Waals surface area contributed by atoms with Crippen LogP contribution in [0.15, 0.2) is 30.3 Å². The summed E-state index contributed by atoms with van der Waals surface area (Å²) < 4.78 is 5.14. The van der Waals surface area contributed by atoms with Gasteiger partial charge in [-0.1, -0.05) is 37.3 Å². The molecule has 0 aliphatic carbocycles. The predicted octanol–water partition coefficient (Wildman–Crippen LogP) is 3.27. The Morgan fingerprint density at radius 2 is 1.72 bits per heavy atom. The maximum atomic E-state index is 11.4. The van der Waals surface area contributed by atoms with Crippen molar-refractivity contribution in [2.45, 2.75) is 45.6 Å². The number of hydrogen-bond acceptors (Lipinski definition) is 3. The van der Waals surface area contributed by atoms with Gasteiger partial charge in [-0.25, -0.2) is 0 Å². The quantitative estimate of drug-likeness (QED) is 0.524. The van der Waals surface area contributed by atoms with Crippen molar-refractivity contribution in [1.82, 2.24) is 0 Å². The summed E-state index contributed by atoms with van der Waals surface area (Å²) in [5, 5.41) is 0. The number of ether oxygens (including phenoxy) is 1. The SMILES string of the molecule is CCC(=O)CCCCC(=O)OCc1ccccc1. The molecule has 0 aliphatic rings. The highest BCUT2D eigenvalue weighted by Crippen LogP contribution is 2.06. The molecule has 3 heteroatoms. The molecule has 0 radical (unpaired) electrons. The van der Waals surface area contributed by atoms with Gasteiger partial charge in [-0.05, 0) is 18.4 Å². The van der Waals surface area contributed by atoms with Crippen LogP contribution in [0.4, 0.5) is 0 Å².